The van der Waals surface area contributed by atoms with E-state index in [1.807, 2.05) is 23.1 Å². The Morgan fingerprint density at radius 3 is 2.94 bits per heavy atom. The van der Waals surface area contributed by atoms with Gasteiger partial charge in [0.2, 0.25) is 0 Å². The third-order valence-electron chi connectivity index (χ3n) is 3.30. The molecule has 0 spiro atoms. The van der Waals surface area contributed by atoms with Gasteiger partial charge in [0.15, 0.2) is 0 Å². The summed E-state index contributed by atoms with van der Waals surface area (Å²) in [6.45, 7) is 1.35. The third-order valence-corrected chi connectivity index (χ3v) is 3.30. The molecule has 4 nitrogen and oxygen atoms in total. The molecule has 0 saturated carbocycles. The Morgan fingerprint density at radius 2 is 2.17 bits per heavy atom. The first-order valence-corrected chi connectivity index (χ1v) is 5.93. The molecule has 2 aromatic rings. The van der Waals surface area contributed by atoms with Gasteiger partial charge in [0, 0.05) is 18.8 Å². The number of amides is 1. The van der Waals surface area contributed by atoms with E-state index in [9.17, 15) is 4.79 Å². The van der Waals surface area contributed by atoms with Crippen molar-refractivity contribution in [2.24, 2.45) is 0 Å². The average molecular weight is 242 g/mol. The monoisotopic (exact) mass is 242 g/mol. The summed E-state index contributed by atoms with van der Waals surface area (Å²) in [5, 5.41) is 0. The lowest BCUT2D eigenvalue weighted by Crippen LogP contribution is -2.35. The number of carbonyl (C=O) groups excluding carboxylic acids is 1. The van der Waals surface area contributed by atoms with Gasteiger partial charge in [-0.1, -0.05) is 6.07 Å². The van der Waals surface area contributed by atoms with E-state index in [4.69, 9.17) is 10.2 Å². The van der Waals surface area contributed by atoms with Gasteiger partial charge < -0.3 is 15.1 Å². The molecule has 1 aliphatic heterocycles. The molecule has 2 heterocycles. The summed E-state index contributed by atoms with van der Waals surface area (Å²) in [7, 11) is 0. The number of hydrogen-bond acceptors (Lipinski definition) is 3. The molecule has 1 aliphatic rings. The lowest BCUT2D eigenvalue weighted by atomic mass is 9.99. The van der Waals surface area contributed by atoms with E-state index in [0.29, 0.717) is 12.1 Å². The maximum absolute atomic E-state index is 12.2. The van der Waals surface area contributed by atoms with Gasteiger partial charge in [-0.25, -0.2) is 0 Å². The highest BCUT2D eigenvalue weighted by molar-refractivity contribution is 5.94. The lowest BCUT2D eigenvalue weighted by molar-refractivity contribution is 0.0734. The van der Waals surface area contributed by atoms with Gasteiger partial charge >= 0.3 is 0 Å². The molecule has 1 aromatic carbocycles. The zero-order chi connectivity index (χ0) is 12.5. The van der Waals surface area contributed by atoms with Crippen LogP contribution in [0.1, 0.15) is 21.5 Å². The zero-order valence-electron chi connectivity index (χ0n) is 9.93. The van der Waals surface area contributed by atoms with E-state index in [2.05, 4.69) is 0 Å². The normalized spacial score (nSPS) is 14.3. The maximum Gasteiger partial charge on any atom is 0.257 e. The molecule has 0 bridgehead atoms. The van der Waals surface area contributed by atoms with E-state index in [-0.39, 0.29) is 5.91 Å². The van der Waals surface area contributed by atoms with Crippen molar-refractivity contribution in [1.29, 1.82) is 0 Å². The largest absolute Gasteiger partial charge is 0.472 e. The minimum atomic E-state index is 0.0109. The smallest absolute Gasteiger partial charge is 0.257 e. The van der Waals surface area contributed by atoms with Crippen LogP contribution in [0.4, 0.5) is 5.69 Å². The lowest BCUT2D eigenvalue weighted by Gasteiger charge is -2.28. The number of hydrogen-bond donors (Lipinski definition) is 1. The van der Waals surface area contributed by atoms with Gasteiger partial charge in [0.25, 0.3) is 5.91 Å². The van der Waals surface area contributed by atoms with Gasteiger partial charge in [-0.2, -0.15) is 0 Å². The van der Waals surface area contributed by atoms with Crippen molar-refractivity contribution in [1.82, 2.24) is 4.90 Å². The average Bonchev–Trinajstić information content (AvgIpc) is 2.90. The first-order chi connectivity index (χ1) is 8.74. The van der Waals surface area contributed by atoms with Crippen molar-refractivity contribution in [2.75, 3.05) is 12.3 Å². The van der Waals surface area contributed by atoms with E-state index in [1.54, 1.807) is 6.07 Å². The molecule has 2 N–H and O–H groups in total. The molecule has 18 heavy (non-hydrogen) atoms. The molecule has 3 rings (SSSR count). The van der Waals surface area contributed by atoms with Crippen molar-refractivity contribution < 1.29 is 9.21 Å². The van der Waals surface area contributed by atoms with Crippen molar-refractivity contribution in [3.63, 3.8) is 0 Å². The summed E-state index contributed by atoms with van der Waals surface area (Å²) in [5.74, 6) is 0.0109. The van der Waals surface area contributed by atoms with Crippen LogP contribution in [0.15, 0.2) is 41.2 Å². The highest BCUT2D eigenvalue weighted by Crippen LogP contribution is 2.22. The van der Waals surface area contributed by atoms with Crippen molar-refractivity contribution >= 4 is 11.6 Å². The molecule has 1 aromatic heterocycles. The highest BCUT2D eigenvalue weighted by Gasteiger charge is 2.22. The maximum atomic E-state index is 12.2. The number of rotatable bonds is 1. The van der Waals surface area contributed by atoms with Crippen LogP contribution in [0, 0.1) is 0 Å². The Labute approximate surface area is 105 Å². The topological polar surface area (TPSA) is 59.5 Å². The molecule has 0 saturated heterocycles. The fourth-order valence-corrected chi connectivity index (χ4v) is 2.32. The van der Waals surface area contributed by atoms with Crippen molar-refractivity contribution in [3.05, 3.63) is 53.5 Å². The van der Waals surface area contributed by atoms with Gasteiger partial charge in [-0.15, -0.1) is 0 Å². The first-order valence-electron chi connectivity index (χ1n) is 5.93. The van der Waals surface area contributed by atoms with Gasteiger partial charge in [-0.05, 0) is 35.7 Å². The first kappa shape index (κ1) is 10.9. The van der Waals surface area contributed by atoms with E-state index < -0.39 is 0 Å². The van der Waals surface area contributed by atoms with Crippen LogP contribution in [-0.4, -0.2) is 17.4 Å². The Bertz CT molecular complexity index is 575. The number of anilines is 1. The third kappa shape index (κ3) is 1.86. The molecule has 4 heteroatoms. The molecule has 0 atom stereocenters. The standard InChI is InChI=1S/C14H14N2O2/c15-13-2-1-10-3-5-16(8-12(10)7-13)14(17)11-4-6-18-9-11/h1-2,4,6-7,9H,3,5,8,15H2. The number of carbonyl (C=O) groups is 1. The zero-order valence-corrected chi connectivity index (χ0v) is 9.93. The van der Waals surface area contributed by atoms with Crippen molar-refractivity contribution in [3.8, 4) is 0 Å². The number of nitrogens with two attached hydrogens (primary N) is 1. The number of nitrogen functional groups attached to an aromatic ring is 1. The quantitative estimate of drug-likeness (QED) is 0.779. The van der Waals surface area contributed by atoms with E-state index in [1.165, 1.54) is 18.1 Å². The second kappa shape index (κ2) is 4.22. The molecule has 0 fully saturated rings. The summed E-state index contributed by atoms with van der Waals surface area (Å²) < 4.78 is 4.95. The van der Waals surface area contributed by atoms with Crippen LogP contribution in [0.3, 0.4) is 0 Å². The summed E-state index contributed by atoms with van der Waals surface area (Å²) in [6, 6.07) is 7.60. The molecule has 0 unspecified atom stereocenters. The summed E-state index contributed by atoms with van der Waals surface area (Å²) >= 11 is 0. The van der Waals surface area contributed by atoms with Crippen LogP contribution in [0.25, 0.3) is 0 Å². The predicted molar refractivity (Wildman–Crippen MR) is 68.0 cm³/mol. The van der Waals surface area contributed by atoms with Gasteiger partial charge in [0.05, 0.1) is 11.8 Å². The molecular formula is C14H14N2O2. The number of furan rings is 1. The molecular weight excluding hydrogens is 228 g/mol. The Balaban J connectivity index is 1.84. The Morgan fingerprint density at radius 1 is 1.28 bits per heavy atom. The van der Waals surface area contributed by atoms with E-state index >= 15 is 0 Å². The SMILES string of the molecule is Nc1ccc2c(c1)CN(C(=O)c1ccoc1)CC2. The summed E-state index contributed by atoms with van der Waals surface area (Å²) in [5.41, 5.74) is 9.54. The second-order valence-electron chi connectivity index (χ2n) is 4.52. The van der Waals surface area contributed by atoms with Gasteiger partial charge in [0.1, 0.15) is 6.26 Å². The Hall–Kier alpha value is -2.23. The summed E-state index contributed by atoms with van der Waals surface area (Å²) in [4.78, 5) is 14.0. The van der Waals surface area contributed by atoms with Crippen LogP contribution in [-0.2, 0) is 13.0 Å². The predicted octanol–water partition coefficient (Wildman–Crippen LogP) is 2.06. The molecule has 92 valence electrons. The van der Waals surface area contributed by atoms with Crippen LogP contribution in [0.2, 0.25) is 0 Å². The molecule has 0 aliphatic carbocycles. The number of fused-ring (bicyclic) bond motifs is 1. The fourth-order valence-electron chi connectivity index (χ4n) is 2.32. The summed E-state index contributed by atoms with van der Waals surface area (Å²) in [6.07, 6.45) is 3.87. The van der Waals surface area contributed by atoms with E-state index in [0.717, 1.165) is 24.2 Å². The second-order valence-corrected chi connectivity index (χ2v) is 4.52. The highest BCUT2D eigenvalue weighted by atomic mass is 16.3. The molecule has 1 amide bonds. The minimum absolute atomic E-state index is 0.0109. The number of benzene rings is 1. The minimum Gasteiger partial charge on any atom is -0.472 e. The van der Waals surface area contributed by atoms with Crippen LogP contribution >= 0.6 is 0 Å². The van der Waals surface area contributed by atoms with Gasteiger partial charge in [-0.3, -0.25) is 4.79 Å². The van der Waals surface area contributed by atoms with Crippen LogP contribution < -0.4 is 5.73 Å². The van der Waals surface area contributed by atoms with Crippen LogP contribution in [0.5, 0.6) is 0 Å². The number of nitrogens with zero attached hydrogens (tertiary/aromatic N) is 1. The van der Waals surface area contributed by atoms with Crippen molar-refractivity contribution in [2.45, 2.75) is 13.0 Å². The molecule has 0 radical (unpaired) electrons. The fraction of sp³-hybridized carbons (Fsp3) is 0.214. The Kier molecular flexibility index (Phi) is 2.55.